The summed E-state index contributed by atoms with van der Waals surface area (Å²) >= 11 is 0. The summed E-state index contributed by atoms with van der Waals surface area (Å²) in [4.78, 5) is 11.8. The Morgan fingerprint density at radius 3 is 2.53 bits per heavy atom. The Morgan fingerprint density at radius 1 is 1.24 bits per heavy atom. The van der Waals surface area contributed by atoms with E-state index < -0.39 is 0 Å². The first-order valence-electron chi connectivity index (χ1n) is 6.39. The largest absolute Gasteiger partial charge is 0.399 e. The Balaban J connectivity index is 1.75. The lowest BCUT2D eigenvalue weighted by atomic mass is 10.0. The third kappa shape index (κ3) is 3.48. The fourth-order valence-corrected chi connectivity index (χ4v) is 2.43. The minimum Gasteiger partial charge on any atom is -0.399 e. The summed E-state index contributed by atoms with van der Waals surface area (Å²) in [6.07, 6.45) is 6.49. The molecular weight excluding hydrogens is 212 g/mol. The van der Waals surface area contributed by atoms with Crippen LogP contribution in [0.2, 0.25) is 0 Å². The highest BCUT2D eigenvalue weighted by Gasteiger charge is 2.14. The highest BCUT2D eigenvalue weighted by atomic mass is 16.1. The maximum atomic E-state index is 11.8. The molecule has 3 heteroatoms. The Hall–Kier alpha value is -1.51. The van der Waals surface area contributed by atoms with E-state index in [9.17, 15) is 4.79 Å². The summed E-state index contributed by atoms with van der Waals surface area (Å²) in [6, 6.07) is 7.04. The Kier molecular flexibility index (Phi) is 4.02. The number of carbonyl (C=O) groups excluding carboxylic acids is 1. The number of hydrogen-bond acceptors (Lipinski definition) is 2. The Labute approximate surface area is 102 Å². The van der Waals surface area contributed by atoms with Gasteiger partial charge in [-0.15, -0.1) is 0 Å². The zero-order chi connectivity index (χ0) is 12.1. The number of nitrogens with one attached hydrogen (secondary N) is 1. The van der Waals surface area contributed by atoms with Crippen LogP contribution in [0, 0.1) is 5.92 Å². The van der Waals surface area contributed by atoms with Gasteiger partial charge in [0.05, 0.1) is 0 Å². The molecule has 2 rings (SSSR count). The minimum absolute atomic E-state index is 0.00277. The molecule has 1 amide bonds. The van der Waals surface area contributed by atoms with E-state index >= 15 is 0 Å². The minimum atomic E-state index is 0.00277. The van der Waals surface area contributed by atoms with E-state index in [0.717, 1.165) is 18.9 Å². The average molecular weight is 232 g/mol. The summed E-state index contributed by atoms with van der Waals surface area (Å²) in [5.74, 6) is 0.824. The molecule has 3 N–H and O–H groups in total. The smallest absolute Gasteiger partial charge is 0.251 e. The lowest BCUT2D eigenvalue weighted by molar-refractivity contribution is 0.0951. The van der Waals surface area contributed by atoms with Gasteiger partial charge in [-0.3, -0.25) is 4.79 Å². The maximum absolute atomic E-state index is 11.8. The fourth-order valence-electron chi connectivity index (χ4n) is 2.43. The molecule has 1 saturated carbocycles. The van der Waals surface area contributed by atoms with Gasteiger partial charge in [0.25, 0.3) is 5.91 Å². The molecule has 0 aromatic heterocycles. The van der Waals surface area contributed by atoms with Crippen molar-refractivity contribution in [3.05, 3.63) is 29.8 Å². The van der Waals surface area contributed by atoms with Crippen molar-refractivity contribution in [2.75, 3.05) is 12.3 Å². The Bertz CT molecular complexity index is 366. The lowest BCUT2D eigenvalue weighted by Gasteiger charge is -2.09. The molecule has 3 nitrogen and oxygen atoms in total. The van der Waals surface area contributed by atoms with Crippen LogP contribution in [0.3, 0.4) is 0 Å². The van der Waals surface area contributed by atoms with Crippen molar-refractivity contribution in [2.45, 2.75) is 32.1 Å². The molecule has 1 fully saturated rings. The van der Waals surface area contributed by atoms with Crippen molar-refractivity contribution < 1.29 is 4.79 Å². The first kappa shape index (κ1) is 12.0. The summed E-state index contributed by atoms with van der Waals surface area (Å²) in [5, 5.41) is 2.97. The molecule has 0 radical (unpaired) electrons. The molecule has 0 heterocycles. The van der Waals surface area contributed by atoms with E-state index in [1.807, 2.05) is 0 Å². The molecule has 0 atom stereocenters. The molecule has 1 aliphatic rings. The zero-order valence-corrected chi connectivity index (χ0v) is 10.1. The van der Waals surface area contributed by atoms with Gasteiger partial charge in [-0.2, -0.15) is 0 Å². The number of nitrogen functional groups attached to an aromatic ring is 1. The van der Waals surface area contributed by atoms with Crippen LogP contribution in [0.5, 0.6) is 0 Å². The van der Waals surface area contributed by atoms with Crippen LogP contribution in [-0.4, -0.2) is 12.5 Å². The number of benzene rings is 1. The normalized spacial score (nSPS) is 16.0. The SMILES string of the molecule is Nc1ccc(C(=O)NCCC2CCCC2)cc1. The number of amides is 1. The summed E-state index contributed by atoms with van der Waals surface area (Å²) in [5.41, 5.74) is 6.95. The van der Waals surface area contributed by atoms with Gasteiger partial charge in [0.15, 0.2) is 0 Å². The summed E-state index contributed by atoms with van der Waals surface area (Å²) in [6.45, 7) is 0.786. The standard InChI is InChI=1S/C14H20N2O/c15-13-7-5-12(6-8-13)14(17)16-10-9-11-3-1-2-4-11/h5-8,11H,1-4,9-10,15H2,(H,16,17). The zero-order valence-electron chi connectivity index (χ0n) is 10.1. The van der Waals surface area contributed by atoms with E-state index in [1.54, 1.807) is 24.3 Å². The van der Waals surface area contributed by atoms with Gasteiger partial charge in [-0.25, -0.2) is 0 Å². The number of nitrogens with two attached hydrogens (primary N) is 1. The molecule has 17 heavy (non-hydrogen) atoms. The molecule has 1 aromatic rings. The Morgan fingerprint density at radius 2 is 1.88 bits per heavy atom. The number of rotatable bonds is 4. The summed E-state index contributed by atoms with van der Waals surface area (Å²) in [7, 11) is 0. The van der Waals surface area contributed by atoms with E-state index in [0.29, 0.717) is 11.3 Å². The van der Waals surface area contributed by atoms with Crippen molar-refractivity contribution in [3.8, 4) is 0 Å². The second-order valence-electron chi connectivity index (χ2n) is 4.82. The molecule has 0 aliphatic heterocycles. The van der Waals surface area contributed by atoms with E-state index in [4.69, 9.17) is 5.73 Å². The van der Waals surface area contributed by atoms with Crippen LogP contribution in [0.25, 0.3) is 0 Å². The molecule has 0 bridgehead atoms. The maximum Gasteiger partial charge on any atom is 0.251 e. The van der Waals surface area contributed by atoms with Gasteiger partial charge in [-0.1, -0.05) is 25.7 Å². The van der Waals surface area contributed by atoms with Crippen molar-refractivity contribution in [1.82, 2.24) is 5.32 Å². The third-order valence-corrected chi connectivity index (χ3v) is 3.49. The van der Waals surface area contributed by atoms with E-state index in [-0.39, 0.29) is 5.91 Å². The van der Waals surface area contributed by atoms with Crippen molar-refractivity contribution in [1.29, 1.82) is 0 Å². The second-order valence-corrected chi connectivity index (χ2v) is 4.82. The third-order valence-electron chi connectivity index (χ3n) is 3.49. The molecule has 0 saturated heterocycles. The van der Waals surface area contributed by atoms with Crippen LogP contribution in [-0.2, 0) is 0 Å². The van der Waals surface area contributed by atoms with Gasteiger partial charge in [-0.05, 0) is 36.6 Å². The van der Waals surface area contributed by atoms with Crippen LogP contribution in [0.1, 0.15) is 42.5 Å². The van der Waals surface area contributed by atoms with Crippen LogP contribution < -0.4 is 11.1 Å². The highest BCUT2D eigenvalue weighted by molar-refractivity contribution is 5.94. The van der Waals surface area contributed by atoms with Crippen molar-refractivity contribution in [3.63, 3.8) is 0 Å². The van der Waals surface area contributed by atoms with E-state index in [2.05, 4.69) is 5.32 Å². The monoisotopic (exact) mass is 232 g/mol. The first-order chi connectivity index (χ1) is 8.25. The molecule has 1 aromatic carbocycles. The lowest BCUT2D eigenvalue weighted by Crippen LogP contribution is -2.25. The van der Waals surface area contributed by atoms with Gasteiger partial charge in [0.1, 0.15) is 0 Å². The van der Waals surface area contributed by atoms with Gasteiger partial charge < -0.3 is 11.1 Å². The molecule has 1 aliphatic carbocycles. The van der Waals surface area contributed by atoms with Gasteiger partial charge in [0, 0.05) is 17.8 Å². The van der Waals surface area contributed by atoms with E-state index in [1.165, 1.54) is 25.7 Å². The number of anilines is 1. The van der Waals surface area contributed by atoms with Crippen molar-refractivity contribution >= 4 is 11.6 Å². The fraction of sp³-hybridized carbons (Fsp3) is 0.500. The van der Waals surface area contributed by atoms with Gasteiger partial charge in [0.2, 0.25) is 0 Å². The molecular formula is C14H20N2O. The van der Waals surface area contributed by atoms with Gasteiger partial charge >= 0.3 is 0 Å². The first-order valence-corrected chi connectivity index (χ1v) is 6.39. The number of hydrogen-bond donors (Lipinski definition) is 2. The topological polar surface area (TPSA) is 55.1 Å². The van der Waals surface area contributed by atoms with Crippen LogP contribution in [0.4, 0.5) is 5.69 Å². The predicted molar refractivity (Wildman–Crippen MR) is 69.8 cm³/mol. The second kappa shape index (κ2) is 5.71. The molecule has 0 spiro atoms. The van der Waals surface area contributed by atoms with Crippen LogP contribution >= 0.6 is 0 Å². The molecule has 0 unspecified atom stereocenters. The average Bonchev–Trinajstić information content (AvgIpc) is 2.83. The summed E-state index contributed by atoms with van der Waals surface area (Å²) < 4.78 is 0. The van der Waals surface area contributed by atoms with Crippen LogP contribution in [0.15, 0.2) is 24.3 Å². The predicted octanol–water partition coefficient (Wildman–Crippen LogP) is 2.58. The molecule has 92 valence electrons. The number of carbonyl (C=O) groups is 1. The highest BCUT2D eigenvalue weighted by Crippen LogP contribution is 2.26. The van der Waals surface area contributed by atoms with Crippen molar-refractivity contribution in [2.24, 2.45) is 5.92 Å². The quantitative estimate of drug-likeness (QED) is 0.784.